The van der Waals surface area contributed by atoms with Crippen molar-refractivity contribution in [1.29, 1.82) is 0 Å². The molecule has 2 aromatic carbocycles. The van der Waals surface area contributed by atoms with Crippen molar-refractivity contribution in [3.05, 3.63) is 63.6 Å². The molecule has 0 radical (unpaired) electrons. The van der Waals surface area contributed by atoms with Crippen LogP contribution in [-0.2, 0) is 27.8 Å². The van der Waals surface area contributed by atoms with Crippen LogP contribution in [0.25, 0.3) is 0 Å². The zero-order valence-corrected chi connectivity index (χ0v) is 16.9. The predicted octanol–water partition coefficient (Wildman–Crippen LogP) is 2.83. The van der Waals surface area contributed by atoms with Gasteiger partial charge in [0.1, 0.15) is 0 Å². The van der Waals surface area contributed by atoms with Gasteiger partial charge in [-0.05, 0) is 51.7 Å². The van der Waals surface area contributed by atoms with Gasteiger partial charge in [0.15, 0.2) is 0 Å². The van der Waals surface area contributed by atoms with E-state index < -0.39 is 10.0 Å². The molecule has 2 aromatic rings. The summed E-state index contributed by atoms with van der Waals surface area (Å²) in [5.74, 6) is -0.205. The van der Waals surface area contributed by atoms with Crippen molar-refractivity contribution in [2.45, 2.75) is 17.9 Å². The number of rotatable bonds is 4. The molecule has 0 unspecified atom stereocenters. The van der Waals surface area contributed by atoms with Gasteiger partial charge in [-0.25, -0.2) is 8.42 Å². The SMILES string of the molecule is CON(C)S(=O)(=O)c1ccc(Br)c(C(=O)N2CCc3ccccc3C2)c1. The molecule has 0 fully saturated rings. The van der Waals surface area contributed by atoms with Crippen LogP contribution in [0.3, 0.4) is 0 Å². The third-order valence-corrected chi connectivity index (χ3v) is 6.85. The minimum absolute atomic E-state index is 0.00538. The van der Waals surface area contributed by atoms with Crippen LogP contribution in [0, 0.1) is 0 Å². The Bertz CT molecular complexity index is 946. The largest absolute Gasteiger partial charge is 0.334 e. The number of hydrogen-bond acceptors (Lipinski definition) is 4. The zero-order valence-electron chi connectivity index (χ0n) is 14.5. The number of amides is 1. The lowest BCUT2D eigenvalue weighted by Gasteiger charge is -2.29. The molecule has 0 spiro atoms. The van der Waals surface area contributed by atoms with Crippen LogP contribution in [0.15, 0.2) is 51.8 Å². The van der Waals surface area contributed by atoms with Crippen LogP contribution in [0.4, 0.5) is 0 Å². The Balaban J connectivity index is 1.92. The molecule has 6 nitrogen and oxygen atoms in total. The van der Waals surface area contributed by atoms with E-state index in [-0.39, 0.29) is 10.8 Å². The van der Waals surface area contributed by atoms with E-state index in [0.717, 1.165) is 16.5 Å². The maximum Gasteiger partial charge on any atom is 0.264 e. The monoisotopic (exact) mass is 438 g/mol. The highest BCUT2D eigenvalue weighted by atomic mass is 79.9. The quantitative estimate of drug-likeness (QED) is 0.688. The van der Waals surface area contributed by atoms with E-state index >= 15 is 0 Å². The molecule has 1 heterocycles. The Labute approximate surface area is 161 Å². The van der Waals surface area contributed by atoms with Gasteiger partial charge in [0, 0.05) is 24.6 Å². The van der Waals surface area contributed by atoms with Gasteiger partial charge in [0.05, 0.1) is 17.6 Å². The van der Waals surface area contributed by atoms with Gasteiger partial charge in [-0.3, -0.25) is 9.63 Å². The van der Waals surface area contributed by atoms with Crippen molar-refractivity contribution in [3.63, 3.8) is 0 Å². The van der Waals surface area contributed by atoms with E-state index in [1.165, 1.54) is 31.9 Å². The van der Waals surface area contributed by atoms with Crippen LogP contribution >= 0.6 is 15.9 Å². The molecule has 0 bridgehead atoms. The molecular weight excluding hydrogens is 420 g/mol. The van der Waals surface area contributed by atoms with Gasteiger partial charge < -0.3 is 4.90 Å². The first-order valence-corrected chi connectivity index (χ1v) is 10.3. The molecule has 1 aliphatic heterocycles. The molecule has 1 aliphatic rings. The van der Waals surface area contributed by atoms with Crippen LogP contribution in [0.2, 0.25) is 0 Å². The first-order chi connectivity index (χ1) is 12.3. The Morgan fingerprint density at radius 1 is 1.19 bits per heavy atom. The van der Waals surface area contributed by atoms with E-state index in [9.17, 15) is 13.2 Å². The van der Waals surface area contributed by atoms with E-state index in [0.29, 0.717) is 23.1 Å². The van der Waals surface area contributed by atoms with Crippen molar-refractivity contribution < 1.29 is 18.0 Å². The van der Waals surface area contributed by atoms with E-state index in [1.54, 1.807) is 11.0 Å². The number of halogens is 1. The van der Waals surface area contributed by atoms with Gasteiger partial charge in [0.25, 0.3) is 15.9 Å². The minimum atomic E-state index is -3.82. The Morgan fingerprint density at radius 3 is 2.58 bits per heavy atom. The molecule has 8 heteroatoms. The summed E-state index contributed by atoms with van der Waals surface area (Å²) in [7, 11) is -1.24. The highest BCUT2D eigenvalue weighted by molar-refractivity contribution is 9.10. The van der Waals surface area contributed by atoms with Crippen LogP contribution in [0.1, 0.15) is 21.5 Å². The van der Waals surface area contributed by atoms with Crippen molar-refractivity contribution in [2.24, 2.45) is 0 Å². The standard InChI is InChI=1S/C18H19BrN2O4S/c1-20(25-2)26(23,24)15-7-8-17(19)16(11-15)18(22)21-10-9-13-5-3-4-6-14(13)12-21/h3-8,11H,9-10,12H2,1-2H3. The maximum atomic E-state index is 13.0. The first kappa shape index (κ1) is 19.0. The molecular formula is C18H19BrN2O4S. The van der Waals surface area contributed by atoms with Gasteiger partial charge in [-0.1, -0.05) is 28.7 Å². The fourth-order valence-corrected chi connectivity index (χ4v) is 4.33. The topological polar surface area (TPSA) is 66.9 Å². The third-order valence-electron chi connectivity index (χ3n) is 4.48. The molecule has 1 amide bonds. The second-order valence-corrected chi connectivity index (χ2v) is 8.77. The molecule has 0 N–H and O–H groups in total. The lowest BCUT2D eigenvalue weighted by atomic mass is 9.99. The summed E-state index contributed by atoms with van der Waals surface area (Å²) in [6, 6.07) is 12.4. The number of carbonyl (C=O) groups excluding carboxylic acids is 1. The molecule has 0 atom stereocenters. The predicted molar refractivity (Wildman–Crippen MR) is 101 cm³/mol. The fourth-order valence-electron chi connectivity index (χ4n) is 2.91. The van der Waals surface area contributed by atoms with Gasteiger partial charge in [-0.15, -0.1) is 0 Å². The number of sulfonamides is 1. The summed E-state index contributed by atoms with van der Waals surface area (Å²) in [6.07, 6.45) is 0.782. The normalized spacial score (nSPS) is 14.4. The average molecular weight is 439 g/mol. The number of hydroxylamine groups is 1. The van der Waals surface area contributed by atoms with Crippen molar-refractivity contribution in [3.8, 4) is 0 Å². The summed E-state index contributed by atoms with van der Waals surface area (Å²) in [5.41, 5.74) is 2.68. The van der Waals surface area contributed by atoms with Crippen LogP contribution < -0.4 is 0 Å². The van der Waals surface area contributed by atoms with Gasteiger partial charge >= 0.3 is 0 Å². The van der Waals surface area contributed by atoms with E-state index in [2.05, 4.69) is 22.0 Å². The molecule has 0 aromatic heterocycles. The maximum absolute atomic E-state index is 13.0. The Kier molecular flexibility index (Phi) is 5.47. The molecule has 138 valence electrons. The van der Waals surface area contributed by atoms with Crippen molar-refractivity contribution in [2.75, 3.05) is 20.7 Å². The summed E-state index contributed by atoms with van der Waals surface area (Å²) in [6.45, 7) is 1.10. The van der Waals surface area contributed by atoms with Crippen LogP contribution in [0.5, 0.6) is 0 Å². The lowest BCUT2D eigenvalue weighted by molar-refractivity contribution is -0.0258. The van der Waals surface area contributed by atoms with E-state index in [4.69, 9.17) is 4.84 Å². The second-order valence-electron chi connectivity index (χ2n) is 5.98. The average Bonchev–Trinajstić information content (AvgIpc) is 2.66. The Hall–Kier alpha value is -1.74. The minimum Gasteiger partial charge on any atom is -0.334 e. The van der Waals surface area contributed by atoms with Crippen molar-refractivity contribution >= 4 is 31.9 Å². The zero-order chi connectivity index (χ0) is 18.9. The molecule has 0 saturated carbocycles. The lowest BCUT2D eigenvalue weighted by Crippen LogP contribution is -2.36. The number of nitrogens with zero attached hydrogens (tertiary/aromatic N) is 2. The Morgan fingerprint density at radius 2 is 1.88 bits per heavy atom. The third kappa shape index (κ3) is 3.55. The smallest absolute Gasteiger partial charge is 0.264 e. The highest BCUT2D eigenvalue weighted by Crippen LogP contribution is 2.26. The van der Waals surface area contributed by atoms with E-state index in [1.807, 2.05) is 18.2 Å². The molecule has 0 saturated heterocycles. The summed E-state index contributed by atoms with van der Waals surface area (Å²) in [4.78, 5) is 19.5. The molecule has 3 rings (SSSR count). The summed E-state index contributed by atoms with van der Waals surface area (Å²) < 4.78 is 26.2. The van der Waals surface area contributed by atoms with Crippen LogP contribution in [-0.4, -0.2) is 44.4 Å². The number of benzene rings is 2. The van der Waals surface area contributed by atoms with Crippen molar-refractivity contribution in [1.82, 2.24) is 9.37 Å². The first-order valence-electron chi connectivity index (χ1n) is 8.03. The summed E-state index contributed by atoms with van der Waals surface area (Å²) in [5, 5.41) is 0. The summed E-state index contributed by atoms with van der Waals surface area (Å²) >= 11 is 3.36. The number of hydrogen-bond donors (Lipinski definition) is 0. The fraction of sp³-hybridized carbons (Fsp3) is 0.278. The highest BCUT2D eigenvalue weighted by Gasteiger charge is 2.26. The number of carbonyl (C=O) groups is 1. The number of fused-ring (bicyclic) bond motifs is 1. The molecule has 0 aliphatic carbocycles. The second kappa shape index (κ2) is 7.48. The van der Waals surface area contributed by atoms with Gasteiger partial charge in [-0.2, -0.15) is 0 Å². The van der Waals surface area contributed by atoms with Gasteiger partial charge in [0.2, 0.25) is 0 Å². The molecule has 26 heavy (non-hydrogen) atoms.